The Morgan fingerprint density at radius 1 is 1.32 bits per heavy atom. The van der Waals surface area contributed by atoms with E-state index in [1.165, 1.54) is 4.90 Å². The molecule has 6 heteroatoms. The highest BCUT2D eigenvalue weighted by atomic mass is 32.1. The first-order valence-corrected chi connectivity index (χ1v) is 6.26. The van der Waals surface area contributed by atoms with E-state index in [1.54, 1.807) is 32.3 Å². The molecule has 0 bridgehead atoms. The molecule has 0 aliphatic heterocycles. The monoisotopic (exact) mass is 282 g/mol. The molecule has 0 spiro atoms. The minimum Gasteiger partial charge on any atom is -0.490 e. The van der Waals surface area contributed by atoms with Crippen molar-refractivity contribution in [3.05, 3.63) is 23.8 Å². The lowest BCUT2D eigenvalue weighted by atomic mass is 10.2. The van der Waals surface area contributed by atoms with Gasteiger partial charge < -0.3 is 20.1 Å². The van der Waals surface area contributed by atoms with Gasteiger partial charge in [-0.15, -0.1) is 0 Å². The maximum Gasteiger partial charge on any atom is 0.259 e. The highest BCUT2D eigenvalue weighted by Gasteiger charge is 2.11. The molecule has 0 aliphatic rings. The maximum absolute atomic E-state index is 11.5. The van der Waals surface area contributed by atoms with Crippen LogP contribution in [-0.2, 0) is 4.79 Å². The molecule has 0 heterocycles. The van der Waals surface area contributed by atoms with E-state index in [9.17, 15) is 4.79 Å². The van der Waals surface area contributed by atoms with E-state index in [2.05, 4.69) is 0 Å². The molecular weight excluding hydrogens is 264 g/mol. The van der Waals surface area contributed by atoms with Gasteiger partial charge in [-0.05, 0) is 25.1 Å². The number of ether oxygens (including phenoxy) is 2. The fraction of sp³-hybridized carbons (Fsp3) is 0.385. The van der Waals surface area contributed by atoms with Gasteiger partial charge in [-0.2, -0.15) is 0 Å². The SMILES string of the molecule is CCOc1cc(C(N)=S)ccc1OCC(=O)N(C)C. The zero-order chi connectivity index (χ0) is 14.4. The number of nitrogens with zero attached hydrogens (tertiary/aromatic N) is 1. The number of benzene rings is 1. The highest BCUT2D eigenvalue weighted by Crippen LogP contribution is 2.28. The molecule has 1 rings (SSSR count). The van der Waals surface area contributed by atoms with Gasteiger partial charge in [0, 0.05) is 19.7 Å². The summed E-state index contributed by atoms with van der Waals surface area (Å²) >= 11 is 4.91. The quantitative estimate of drug-likeness (QED) is 0.794. The van der Waals surface area contributed by atoms with E-state index in [0.717, 1.165) is 0 Å². The Labute approximate surface area is 118 Å². The van der Waals surface area contributed by atoms with E-state index in [1.807, 2.05) is 6.92 Å². The summed E-state index contributed by atoms with van der Waals surface area (Å²) in [5.74, 6) is 0.900. The number of hydrogen-bond acceptors (Lipinski definition) is 4. The number of nitrogens with two attached hydrogens (primary N) is 1. The average molecular weight is 282 g/mol. The van der Waals surface area contributed by atoms with Crippen LogP contribution in [0.4, 0.5) is 0 Å². The highest BCUT2D eigenvalue weighted by molar-refractivity contribution is 7.80. The van der Waals surface area contributed by atoms with E-state index in [-0.39, 0.29) is 17.5 Å². The number of carbonyl (C=O) groups is 1. The van der Waals surface area contributed by atoms with Crippen LogP contribution in [0, 0.1) is 0 Å². The molecule has 1 amide bonds. The van der Waals surface area contributed by atoms with Gasteiger partial charge in [-0.25, -0.2) is 0 Å². The minimum atomic E-state index is -0.124. The number of likely N-dealkylation sites (N-methyl/N-ethyl adjacent to an activating group) is 1. The van der Waals surface area contributed by atoms with Crippen molar-refractivity contribution in [3.63, 3.8) is 0 Å². The van der Waals surface area contributed by atoms with Gasteiger partial charge in [-0.1, -0.05) is 12.2 Å². The molecule has 0 saturated heterocycles. The molecule has 0 radical (unpaired) electrons. The molecule has 0 saturated carbocycles. The Hall–Kier alpha value is -1.82. The Morgan fingerprint density at radius 3 is 2.53 bits per heavy atom. The van der Waals surface area contributed by atoms with E-state index >= 15 is 0 Å². The molecule has 104 valence electrons. The Bertz CT molecular complexity index is 475. The first kappa shape index (κ1) is 15.2. The van der Waals surface area contributed by atoms with Crippen molar-refractivity contribution in [1.82, 2.24) is 4.90 Å². The van der Waals surface area contributed by atoms with Crippen molar-refractivity contribution in [2.75, 3.05) is 27.3 Å². The Morgan fingerprint density at radius 2 is 2.00 bits per heavy atom. The molecule has 19 heavy (non-hydrogen) atoms. The lowest BCUT2D eigenvalue weighted by molar-refractivity contribution is -0.130. The summed E-state index contributed by atoms with van der Waals surface area (Å²) in [6, 6.07) is 5.14. The summed E-state index contributed by atoms with van der Waals surface area (Å²) in [7, 11) is 3.34. The topological polar surface area (TPSA) is 64.8 Å². The fourth-order valence-electron chi connectivity index (χ4n) is 1.32. The Balaban J connectivity index is 2.87. The van der Waals surface area contributed by atoms with Gasteiger partial charge in [0.15, 0.2) is 18.1 Å². The molecule has 0 unspecified atom stereocenters. The number of thiocarbonyl (C=S) groups is 1. The summed E-state index contributed by atoms with van der Waals surface area (Å²) in [6.07, 6.45) is 0. The molecule has 1 aromatic carbocycles. The number of carbonyl (C=O) groups excluding carboxylic acids is 1. The molecule has 0 aliphatic carbocycles. The average Bonchev–Trinajstić information content (AvgIpc) is 2.36. The lowest BCUT2D eigenvalue weighted by Crippen LogP contribution is -2.27. The van der Waals surface area contributed by atoms with Crippen LogP contribution in [0.5, 0.6) is 11.5 Å². The smallest absolute Gasteiger partial charge is 0.259 e. The summed E-state index contributed by atoms with van der Waals surface area (Å²) < 4.78 is 10.9. The van der Waals surface area contributed by atoms with Crippen LogP contribution in [0.3, 0.4) is 0 Å². The van der Waals surface area contributed by atoms with Crippen LogP contribution >= 0.6 is 12.2 Å². The largest absolute Gasteiger partial charge is 0.490 e. The predicted molar refractivity (Wildman–Crippen MR) is 77.7 cm³/mol. The summed E-state index contributed by atoms with van der Waals surface area (Å²) in [6.45, 7) is 2.31. The first-order chi connectivity index (χ1) is 8.95. The zero-order valence-electron chi connectivity index (χ0n) is 11.3. The van der Waals surface area contributed by atoms with Gasteiger partial charge >= 0.3 is 0 Å². The van der Waals surface area contributed by atoms with Gasteiger partial charge in [0.1, 0.15) is 4.99 Å². The number of amides is 1. The molecular formula is C13H18N2O3S. The summed E-state index contributed by atoms with van der Waals surface area (Å²) in [4.78, 5) is 13.2. The fourth-order valence-corrected chi connectivity index (χ4v) is 1.44. The van der Waals surface area contributed by atoms with Gasteiger partial charge in [-0.3, -0.25) is 4.79 Å². The van der Waals surface area contributed by atoms with Crippen molar-refractivity contribution >= 4 is 23.1 Å². The van der Waals surface area contributed by atoms with Crippen molar-refractivity contribution in [2.24, 2.45) is 5.73 Å². The van der Waals surface area contributed by atoms with E-state index in [4.69, 9.17) is 27.4 Å². The van der Waals surface area contributed by atoms with E-state index in [0.29, 0.717) is 23.7 Å². The second kappa shape index (κ2) is 6.94. The Kier molecular flexibility index (Phi) is 5.57. The first-order valence-electron chi connectivity index (χ1n) is 5.85. The number of hydrogen-bond donors (Lipinski definition) is 1. The van der Waals surface area contributed by atoms with Crippen LogP contribution < -0.4 is 15.2 Å². The van der Waals surface area contributed by atoms with Crippen LogP contribution in [0.2, 0.25) is 0 Å². The molecule has 0 aromatic heterocycles. The molecule has 2 N–H and O–H groups in total. The van der Waals surface area contributed by atoms with Gasteiger partial charge in [0.25, 0.3) is 5.91 Å². The van der Waals surface area contributed by atoms with Crippen LogP contribution in [-0.4, -0.2) is 43.1 Å². The third kappa shape index (κ3) is 4.40. The van der Waals surface area contributed by atoms with Gasteiger partial charge in [0.05, 0.1) is 6.61 Å². The van der Waals surface area contributed by atoms with Gasteiger partial charge in [0.2, 0.25) is 0 Å². The lowest BCUT2D eigenvalue weighted by Gasteiger charge is -2.14. The summed E-state index contributed by atoms with van der Waals surface area (Å²) in [5, 5.41) is 0. The number of rotatable bonds is 6. The molecule has 5 nitrogen and oxygen atoms in total. The standard InChI is InChI=1S/C13H18N2O3S/c1-4-17-11-7-9(13(14)19)5-6-10(11)18-8-12(16)15(2)3/h5-7H,4,8H2,1-3H3,(H2,14,19). The third-order valence-corrected chi connectivity index (χ3v) is 2.61. The van der Waals surface area contributed by atoms with Crippen molar-refractivity contribution in [1.29, 1.82) is 0 Å². The molecule has 0 fully saturated rings. The molecule has 1 aromatic rings. The zero-order valence-corrected chi connectivity index (χ0v) is 12.1. The normalized spacial score (nSPS) is 9.84. The van der Waals surface area contributed by atoms with Crippen LogP contribution in [0.15, 0.2) is 18.2 Å². The van der Waals surface area contributed by atoms with E-state index < -0.39 is 0 Å². The van der Waals surface area contributed by atoms with Crippen molar-refractivity contribution in [3.8, 4) is 11.5 Å². The molecule has 0 atom stereocenters. The minimum absolute atomic E-state index is 0.0422. The van der Waals surface area contributed by atoms with Crippen molar-refractivity contribution in [2.45, 2.75) is 6.92 Å². The van der Waals surface area contributed by atoms with Crippen LogP contribution in [0.1, 0.15) is 12.5 Å². The third-order valence-electron chi connectivity index (χ3n) is 2.38. The second-order valence-electron chi connectivity index (χ2n) is 4.04. The predicted octanol–water partition coefficient (Wildman–Crippen LogP) is 1.19. The second-order valence-corrected chi connectivity index (χ2v) is 4.48. The van der Waals surface area contributed by atoms with Crippen LogP contribution in [0.25, 0.3) is 0 Å². The summed E-state index contributed by atoms with van der Waals surface area (Å²) in [5.41, 5.74) is 6.26. The van der Waals surface area contributed by atoms with Crippen molar-refractivity contribution < 1.29 is 14.3 Å². The maximum atomic E-state index is 11.5.